The van der Waals surface area contributed by atoms with Crippen LogP contribution in [0.1, 0.15) is 6.42 Å². The Hall–Kier alpha value is -2.15. The number of para-hydroxylation sites is 1. The quantitative estimate of drug-likeness (QED) is 0.651. The minimum absolute atomic E-state index is 0.0477. The summed E-state index contributed by atoms with van der Waals surface area (Å²) in [6, 6.07) is 4.84. The van der Waals surface area contributed by atoms with E-state index in [0.717, 1.165) is 13.0 Å². The molecule has 2 aromatic rings. The molecule has 0 amide bonds. The van der Waals surface area contributed by atoms with E-state index in [1.54, 1.807) is 16.7 Å². The summed E-state index contributed by atoms with van der Waals surface area (Å²) in [5, 5.41) is 11.1. The minimum Gasteiger partial charge on any atom is -0.369 e. The molecule has 7 heteroatoms. The number of hydrogen-bond donors (Lipinski definition) is 1. The monoisotopic (exact) mass is 263 g/mol. The number of non-ortho nitro benzene ring substituents is 1. The number of imidazole rings is 1. The van der Waals surface area contributed by atoms with Crippen molar-refractivity contribution in [1.29, 1.82) is 0 Å². The van der Waals surface area contributed by atoms with E-state index in [1.807, 2.05) is 14.1 Å². The smallest absolute Gasteiger partial charge is 0.295 e. The molecule has 0 aliphatic heterocycles. The molecule has 0 spiro atoms. The van der Waals surface area contributed by atoms with Crippen molar-refractivity contribution in [2.24, 2.45) is 0 Å². The lowest BCUT2D eigenvalue weighted by atomic mass is 10.2. The van der Waals surface area contributed by atoms with Gasteiger partial charge in [-0.05, 0) is 33.1 Å². The first-order valence-corrected chi connectivity index (χ1v) is 6.04. The number of nitro benzene ring substituents is 1. The van der Waals surface area contributed by atoms with Crippen LogP contribution in [0.2, 0.25) is 0 Å². The summed E-state index contributed by atoms with van der Waals surface area (Å²) < 4.78 is 1.72. The Labute approximate surface area is 110 Å². The van der Waals surface area contributed by atoms with Crippen LogP contribution in [-0.4, -0.2) is 40.0 Å². The number of anilines is 1. The van der Waals surface area contributed by atoms with Gasteiger partial charge in [-0.3, -0.25) is 10.1 Å². The van der Waals surface area contributed by atoms with Crippen LogP contribution in [0, 0.1) is 10.1 Å². The van der Waals surface area contributed by atoms with E-state index in [-0.39, 0.29) is 5.69 Å². The van der Waals surface area contributed by atoms with E-state index >= 15 is 0 Å². The van der Waals surface area contributed by atoms with Crippen LogP contribution < -0.4 is 5.73 Å². The van der Waals surface area contributed by atoms with Crippen molar-refractivity contribution >= 4 is 22.7 Å². The van der Waals surface area contributed by atoms with Gasteiger partial charge in [0.15, 0.2) is 0 Å². The highest BCUT2D eigenvalue weighted by Crippen LogP contribution is 2.27. The Morgan fingerprint density at radius 1 is 1.47 bits per heavy atom. The lowest BCUT2D eigenvalue weighted by molar-refractivity contribution is -0.383. The molecular weight excluding hydrogens is 246 g/mol. The molecule has 19 heavy (non-hydrogen) atoms. The predicted molar refractivity (Wildman–Crippen MR) is 74.0 cm³/mol. The third kappa shape index (κ3) is 2.65. The van der Waals surface area contributed by atoms with Gasteiger partial charge in [0.1, 0.15) is 5.52 Å². The third-order valence-electron chi connectivity index (χ3n) is 2.96. The van der Waals surface area contributed by atoms with Crippen LogP contribution in [0.4, 0.5) is 11.6 Å². The van der Waals surface area contributed by atoms with Crippen molar-refractivity contribution < 1.29 is 4.92 Å². The van der Waals surface area contributed by atoms with E-state index < -0.39 is 4.92 Å². The molecule has 0 fully saturated rings. The molecule has 0 bridgehead atoms. The van der Waals surface area contributed by atoms with Gasteiger partial charge in [-0.25, -0.2) is 4.98 Å². The van der Waals surface area contributed by atoms with Crippen LogP contribution in [0.15, 0.2) is 18.2 Å². The van der Waals surface area contributed by atoms with Crippen molar-refractivity contribution in [3.8, 4) is 0 Å². The summed E-state index contributed by atoms with van der Waals surface area (Å²) in [5.74, 6) is 0.322. The van der Waals surface area contributed by atoms with Crippen molar-refractivity contribution in [3.63, 3.8) is 0 Å². The summed E-state index contributed by atoms with van der Waals surface area (Å²) >= 11 is 0. The lowest BCUT2D eigenvalue weighted by Crippen LogP contribution is -2.15. The maximum absolute atomic E-state index is 11.1. The SMILES string of the molecule is CN(C)CCCn1c(N)nc2cccc([N+](=O)[O-])c21. The fourth-order valence-corrected chi connectivity index (χ4v) is 2.10. The number of rotatable bonds is 5. The molecule has 2 rings (SSSR count). The lowest BCUT2D eigenvalue weighted by Gasteiger charge is -2.10. The molecular formula is C12H17N5O2. The van der Waals surface area contributed by atoms with Crippen LogP contribution in [-0.2, 0) is 6.54 Å². The van der Waals surface area contributed by atoms with E-state index in [0.29, 0.717) is 23.5 Å². The second kappa shape index (κ2) is 5.23. The number of aromatic nitrogens is 2. The molecule has 0 radical (unpaired) electrons. The molecule has 7 nitrogen and oxygen atoms in total. The van der Waals surface area contributed by atoms with Crippen LogP contribution in [0.25, 0.3) is 11.0 Å². The number of nitrogens with zero attached hydrogens (tertiary/aromatic N) is 4. The highest BCUT2D eigenvalue weighted by molar-refractivity contribution is 5.87. The van der Waals surface area contributed by atoms with E-state index in [1.165, 1.54) is 6.07 Å². The zero-order valence-corrected chi connectivity index (χ0v) is 11.0. The Bertz CT molecular complexity index is 605. The molecule has 2 N–H and O–H groups in total. The number of nitrogen functional groups attached to an aromatic ring is 1. The fourth-order valence-electron chi connectivity index (χ4n) is 2.10. The normalized spacial score (nSPS) is 11.3. The standard InChI is InChI=1S/C12H17N5O2/c1-15(2)7-4-8-16-11-9(14-12(16)13)5-3-6-10(11)17(18)19/h3,5-6H,4,7-8H2,1-2H3,(H2,13,14). The van der Waals surface area contributed by atoms with Gasteiger partial charge in [-0.2, -0.15) is 0 Å². The van der Waals surface area contributed by atoms with Gasteiger partial charge < -0.3 is 15.2 Å². The van der Waals surface area contributed by atoms with Crippen LogP contribution >= 0.6 is 0 Å². The Kier molecular flexibility index (Phi) is 3.66. The number of nitro groups is 1. The second-order valence-electron chi connectivity index (χ2n) is 4.68. The number of nitrogens with two attached hydrogens (primary N) is 1. The molecule has 0 aliphatic rings. The first kappa shape index (κ1) is 13.3. The number of fused-ring (bicyclic) bond motifs is 1. The van der Waals surface area contributed by atoms with Crippen molar-refractivity contribution in [2.45, 2.75) is 13.0 Å². The molecule has 1 aromatic heterocycles. The third-order valence-corrected chi connectivity index (χ3v) is 2.96. The second-order valence-corrected chi connectivity index (χ2v) is 4.68. The van der Waals surface area contributed by atoms with Gasteiger partial charge in [-0.1, -0.05) is 6.07 Å². The summed E-state index contributed by atoms with van der Waals surface area (Å²) in [6.07, 6.45) is 0.856. The van der Waals surface area contributed by atoms with E-state index in [4.69, 9.17) is 5.73 Å². The highest BCUT2D eigenvalue weighted by atomic mass is 16.6. The van der Waals surface area contributed by atoms with Crippen LogP contribution in [0.3, 0.4) is 0 Å². The number of benzene rings is 1. The molecule has 0 aliphatic carbocycles. The van der Waals surface area contributed by atoms with Crippen molar-refractivity contribution in [3.05, 3.63) is 28.3 Å². The Morgan fingerprint density at radius 2 is 2.21 bits per heavy atom. The zero-order valence-electron chi connectivity index (χ0n) is 11.0. The average molecular weight is 263 g/mol. The van der Waals surface area contributed by atoms with Crippen molar-refractivity contribution in [1.82, 2.24) is 14.5 Å². The van der Waals surface area contributed by atoms with E-state index in [9.17, 15) is 10.1 Å². The number of aryl methyl sites for hydroxylation is 1. The van der Waals surface area contributed by atoms with Crippen molar-refractivity contribution in [2.75, 3.05) is 26.4 Å². The van der Waals surface area contributed by atoms with Gasteiger partial charge in [0.2, 0.25) is 5.95 Å². The Balaban J connectivity index is 2.41. The molecule has 1 aromatic carbocycles. The van der Waals surface area contributed by atoms with Gasteiger partial charge >= 0.3 is 0 Å². The minimum atomic E-state index is -0.397. The zero-order chi connectivity index (χ0) is 14.0. The average Bonchev–Trinajstić information content (AvgIpc) is 2.65. The number of hydrogen-bond acceptors (Lipinski definition) is 5. The first-order valence-electron chi connectivity index (χ1n) is 6.04. The summed E-state index contributed by atoms with van der Waals surface area (Å²) in [5.41, 5.74) is 6.97. The van der Waals surface area contributed by atoms with Gasteiger partial charge in [-0.15, -0.1) is 0 Å². The molecule has 0 unspecified atom stereocenters. The Morgan fingerprint density at radius 3 is 2.84 bits per heavy atom. The predicted octanol–water partition coefficient (Wildman–Crippen LogP) is 1.48. The van der Waals surface area contributed by atoms with E-state index in [2.05, 4.69) is 9.88 Å². The maximum Gasteiger partial charge on any atom is 0.295 e. The molecule has 0 atom stereocenters. The molecule has 102 valence electrons. The highest BCUT2D eigenvalue weighted by Gasteiger charge is 2.18. The molecule has 0 saturated carbocycles. The maximum atomic E-state index is 11.1. The van der Waals surface area contributed by atoms with Gasteiger partial charge in [0.05, 0.1) is 10.4 Å². The fraction of sp³-hybridized carbons (Fsp3) is 0.417. The summed E-state index contributed by atoms with van der Waals surface area (Å²) in [6.45, 7) is 1.51. The summed E-state index contributed by atoms with van der Waals surface area (Å²) in [7, 11) is 3.97. The molecule has 1 heterocycles. The van der Waals surface area contributed by atoms with Gasteiger partial charge in [0, 0.05) is 12.6 Å². The largest absolute Gasteiger partial charge is 0.369 e. The van der Waals surface area contributed by atoms with Crippen LogP contribution in [0.5, 0.6) is 0 Å². The topological polar surface area (TPSA) is 90.2 Å². The summed E-state index contributed by atoms with van der Waals surface area (Å²) in [4.78, 5) is 16.9. The first-order chi connectivity index (χ1) is 9.00. The van der Waals surface area contributed by atoms with Gasteiger partial charge in [0.25, 0.3) is 5.69 Å². The molecule has 0 saturated heterocycles.